The summed E-state index contributed by atoms with van der Waals surface area (Å²) >= 11 is 7.58. The predicted octanol–water partition coefficient (Wildman–Crippen LogP) is 5.72. The molecule has 0 aliphatic carbocycles. The number of aryl methyl sites for hydroxylation is 2. The molecule has 29 heavy (non-hydrogen) atoms. The van der Waals surface area contributed by atoms with Gasteiger partial charge in [-0.1, -0.05) is 35.9 Å². The highest BCUT2D eigenvalue weighted by molar-refractivity contribution is 7.11. The number of hydrogen-bond acceptors (Lipinski definition) is 4. The number of hydrogen-bond donors (Lipinski definition) is 1. The molecule has 0 saturated heterocycles. The zero-order valence-corrected chi connectivity index (χ0v) is 17.8. The largest absolute Gasteiger partial charge is 0.350 e. The van der Waals surface area contributed by atoms with Gasteiger partial charge in [0, 0.05) is 15.6 Å². The van der Waals surface area contributed by atoms with Gasteiger partial charge in [-0.3, -0.25) is 9.59 Å². The van der Waals surface area contributed by atoms with E-state index in [1.165, 1.54) is 16.2 Å². The number of amides is 2. The lowest BCUT2D eigenvalue weighted by molar-refractivity contribution is -0.120. The summed E-state index contributed by atoms with van der Waals surface area (Å²) < 4.78 is 0. The van der Waals surface area contributed by atoms with Gasteiger partial charge < -0.3 is 5.32 Å². The highest BCUT2D eigenvalue weighted by Crippen LogP contribution is 2.37. The number of nitrogens with zero attached hydrogens (tertiary/aromatic N) is 1. The Labute approximate surface area is 178 Å². The Morgan fingerprint density at radius 2 is 1.72 bits per heavy atom. The van der Waals surface area contributed by atoms with Crippen LogP contribution >= 0.6 is 22.9 Å². The third-order valence-corrected chi connectivity index (χ3v) is 6.25. The second-order valence-electron chi connectivity index (χ2n) is 6.98. The molecule has 0 saturated carbocycles. The SMILES string of the molecule is Cc1ccc(Cl)cc1N1C(=O)C(Nc2cccc(C)c2C)=C(c2cccs2)C1=O. The Morgan fingerprint density at radius 3 is 2.45 bits per heavy atom. The van der Waals surface area contributed by atoms with Gasteiger partial charge >= 0.3 is 0 Å². The molecule has 3 aromatic rings. The molecular weight excluding hydrogens is 404 g/mol. The molecule has 0 spiro atoms. The van der Waals surface area contributed by atoms with E-state index in [4.69, 9.17) is 11.6 Å². The normalized spacial score (nSPS) is 14.1. The zero-order valence-electron chi connectivity index (χ0n) is 16.2. The number of thiophene rings is 1. The summed E-state index contributed by atoms with van der Waals surface area (Å²) in [5.41, 5.74) is 4.90. The summed E-state index contributed by atoms with van der Waals surface area (Å²) in [7, 11) is 0. The molecule has 4 rings (SSSR count). The van der Waals surface area contributed by atoms with Crippen LogP contribution in [-0.2, 0) is 9.59 Å². The maximum atomic E-state index is 13.4. The number of halogens is 1. The first-order valence-corrected chi connectivity index (χ1v) is 10.4. The van der Waals surface area contributed by atoms with Crippen LogP contribution in [0, 0.1) is 20.8 Å². The minimum atomic E-state index is -0.385. The molecule has 2 aromatic carbocycles. The Balaban J connectivity index is 1.85. The van der Waals surface area contributed by atoms with Crippen molar-refractivity contribution in [3.63, 3.8) is 0 Å². The molecule has 1 N–H and O–H groups in total. The number of carbonyl (C=O) groups excluding carboxylic acids is 2. The molecule has 2 heterocycles. The number of benzene rings is 2. The fourth-order valence-corrected chi connectivity index (χ4v) is 4.29. The first-order chi connectivity index (χ1) is 13.9. The standard InChI is InChI=1S/C23H19ClN2O2S/c1-13-6-4-7-17(15(13)3)25-21-20(19-8-5-11-29-19)22(27)26(23(21)28)18-12-16(24)10-9-14(18)2/h4-12,25H,1-3H3. The number of rotatable bonds is 4. The van der Waals surface area contributed by atoms with Gasteiger partial charge in [0.2, 0.25) is 0 Å². The lowest BCUT2D eigenvalue weighted by Crippen LogP contribution is -2.33. The van der Waals surface area contributed by atoms with Crippen molar-refractivity contribution in [3.05, 3.63) is 86.2 Å². The first-order valence-electron chi connectivity index (χ1n) is 9.15. The number of anilines is 2. The number of imide groups is 1. The van der Waals surface area contributed by atoms with E-state index in [2.05, 4.69) is 5.32 Å². The van der Waals surface area contributed by atoms with E-state index < -0.39 is 0 Å². The molecule has 0 fully saturated rings. The van der Waals surface area contributed by atoms with Gasteiger partial charge in [-0.05, 0) is 67.1 Å². The van der Waals surface area contributed by atoms with Crippen LogP contribution in [0.3, 0.4) is 0 Å². The monoisotopic (exact) mass is 422 g/mol. The van der Waals surface area contributed by atoms with Crippen LogP contribution in [0.4, 0.5) is 11.4 Å². The summed E-state index contributed by atoms with van der Waals surface area (Å²) in [5, 5.41) is 5.61. The Morgan fingerprint density at radius 1 is 0.931 bits per heavy atom. The molecule has 0 unspecified atom stereocenters. The van der Waals surface area contributed by atoms with Crippen LogP contribution in [0.5, 0.6) is 0 Å². The molecule has 1 aliphatic heterocycles. The van der Waals surface area contributed by atoms with Crippen molar-refractivity contribution in [2.45, 2.75) is 20.8 Å². The minimum Gasteiger partial charge on any atom is -0.350 e. The van der Waals surface area contributed by atoms with Crippen molar-refractivity contribution < 1.29 is 9.59 Å². The summed E-state index contributed by atoms with van der Waals surface area (Å²) in [4.78, 5) is 28.8. The molecule has 1 aromatic heterocycles. The van der Waals surface area contributed by atoms with E-state index in [9.17, 15) is 9.59 Å². The van der Waals surface area contributed by atoms with E-state index in [0.717, 1.165) is 27.3 Å². The molecule has 0 radical (unpaired) electrons. The second-order valence-corrected chi connectivity index (χ2v) is 8.36. The fourth-order valence-electron chi connectivity index (χ4n) is 3.36. The van der Waals surface area contributed by atoms with Crippen LogP contribution in [0.25, 0.3) is 5.57 Å². The van der Waals surface area contributed by atoms with Gasteiger partial charge in [-0.2, -0.15) is 0 Å². The van der Waals surface area contributed by atoms with E-state index in [0.29, 0.717) is 16.3 Å². The maximum absolute atomic E-state index is 13.4. The van der Waals surface area contributed by atoms with Crippen LogP contribution in [-0.4, -0.2) is 11.8 Å². The van der Waals surface area contributed by atoms with Crippen LogP contribution in [0.2, 0.25) is 5.02 Å². The van der Waals surface area contributed by atoms with Crippen molar-refractivity contribution in [3.8, 4) is 0 Å². The molecule has 1 aliphatic rings. The van der Waals surface area contributed by atoms with Crippen molar-refractivity contribution in [1.82, 2.24) is 0 Å². The molecule has 6 heteroatoms. The quantitative estimate of drug-likeness (QED) is 0.547. The molecule has 2 amide bonds. The molecule has 0 bridgehead atoms. The highest BCUT2D eigenvalue weighted by Gasteiger charge is 2.41. The van der Waals surface area contributed by atoms with E-state index >= 15 is 0 Å². The van der Waals surface area contributed by atoms with Gasteiger partial charge in [-0.15, -0.1) is 11.3 Å². The second kappa shape index (κ2) is 7.50. The Kier molecular flexibility index (Phi) is 5.03. The van der Waals surface area contributed by atoms with Gasteiger partial charge in [0.05, 0.1) is 11.3 Å². The average Bonchev–Trinajstić information content (AvgIpc) is 3.28. The first kappa shape index (κ1) is 19.4. The third kappa shape index (κ3) is 3.37. The Hall–Kier alpha value is -2.89. The molecule has 4 nitrogen and oxygen atoms in total. The number of carbonyl (C=O) groups is 2. The predicted molar refractivity (Wildman–Crippen MR) is 119 cm³/mol. The molecule has 146 valence electrons. The van der Waals surface area contributed by atoms with Gasteiger partial charge in [0.1, 0.15) is 5.70 Å². The smallest absolute Gasteiger partial charge is 0.282 e. The fraction of sp³-hybridized carbons (Fsp3) is 0.130. The molecular formula is C23H19ClN2O2S. The summed E-state index contributed by atoms with van der Waals surface area (Å²) in [6, 6.07) is 14.8. The maximum Gasteiger partial charge on any atom is 0.282 e. The molecule has 0 atom stereocenters. The lowest BCUT2D eigenvalue weighted by Gasteiger charge is -2.18. The van der Waals surface area contributed by atoms with E-state index in [-0.39, 0.29) is 17.5 Å². The Bertz CT molecular complexity index is 1170. The summed E-state index contributed by atoms with van der Waals surface area (Å²) in [6.07, 6.45) is 0. The van der Waals surface area contributed by atoms with Crippen LogP contribution in [0.15, 0.2) is 59.6 Å². The van der Waals surface area contributed by atoms with Crippen molar-refractivity contribution in [1.29, 1.82) is 0 Å². The van der Waals surface area contributed by atoms with Crippen molar-refractivity contribution in [2.75, 3.05) is 10.2 Å². The summed E-state index contributed by atoms with van der Waals surface area (Å²) in [6.45, 7) is 5.86. The minimum absolute atomic E-state index is 0.283. The van der Waals surface area contributed by atoms with Gasteiger partial charge in [0.15, 0.2) is 0 Å². The van der Waals surface area contributed by atoms with Crippen LogP contribution in [0.1, 0.15) is 21.6 Å². The topological polar surface area (TPSA) is 49.4 Å². The highest BCUT2D eigenvalue weighted by atomic mass is 35.5. The zero-order chi connectivity index (χ0) is 20.7. The third-order valence-electron chi connectivity index (χ3n) is 5.13. The summed E-state index contributed by atoms with van der Waals surface area (Å²) in [5.74, 6) is -0.736. The van der Waals surface area contributed by atoms with E-state index in [1.54, 1.807) is 18.2 Å². The van der Waals surface area contributed by atoms with Crippen LogP contribution < -0.4 is 10.2 Å². The van der Waals surface area contributed by atoms with Gasteiger partial charge in [0.25, 0.3) is 11.8 Å². The van der Waals surface area contributed by atoms with Crippen molar-refractivity contribution in [2.24, 2.45) is 0 Å². The van der Waals surface area contributed by atoms with Gasteiger partial charge in [-0.25, -0.2) is 4.90 Å². The van der Waals surface area contributed by atoms with Crippen molar-refractivity contribution >= 4 is 51.7 Å². The number of nitrogens with one attached hydrogen (secondary N) is 1. The average molecular weight is 423 g/mol. The van der Waals surface area contributed by atoms with E-state index in [1.807, 2.05) is 56.5 Å². The lowest BCUT2D eigenvalue weighted by atomic mass is 10.1.